The summed E-state index contributed by atoms with van der Waals surface area (Å²) >= 11 is 0. The van der Waals surface area contributed by atoms with Crippen LogP contribution in [0.15, 0.2) is 70.3 Å². The number of hydrogen-bond donors (Lipinski definition) is 3. The van der Waals surface area contributed by atoms with Crippen molar-refractivity contribution in [1.82, 2.24) is 20.9 Å². The lowest BCUT2D eigenvalue weighted by atomic mass is 10.2. The number of nitrogens with zero attached hydrogens (tertiary/aromatic N) is 2. The summed E-state index contributed by atoms with van der Waals surface area (Å²) in [6.45, 7) is 0.963. The van der Waals surface area contributed by atoms with Gasteiger partial charge in [-0.05, 0) is 29.8 Å². The van der Waals surface area contributed by atoms with E-state index in [1.54, 1.807) is 20.4 Å². The molecule has 0 spiro atoms. The zero-order chi connectivity index (χ0) is 21.2. The number of ether oxygens (including phenoxy) is 1. The van der Waals surface area contributed by atoms with Crippen molar-refractivity contribution in [2.45, 2.75) is 13.1 Å². The molecule has 31 heavy (non-hydrogen) atoms. The number of benzene rings is 2. The van der Waals surface area contributed by atoms with E-state index in [0.717, 1.165) is 22.6 Å². The molecule has 0 fully saturated rings. The highest BCUT2D eigenvalue weighted by Gasteiger charge is 2.08. The second-order valence-corrected chi connectivity index (χ2v) is 6.41. The van der Waals surface area contributed by atoms with Gasteiger partial charge in [0.05, 0.1) is 25.9 Å². The zero-order valence-electron chi connectivity index (χ0n) is 17.4. The van der Waals surface area contributed by atoms with E-state index in [-0.39, 0.29) is 36.4 Å². The van der Waals surface area contributed by atoms with Gasteiger partial charge < -0.3 is 25.1 Å². The van der Waals surface area contributed by atoms with E-state index >= 15 is 0 Å². The number of carbonyl (C=O) groups excluding carboxylic acids is 1. The Bertz CT molecular complexity index is 974. The molecule has 0 radical (unpaired) electrons. The molecule has 0 aliphatic carbocycles. The summed E-state index contributed by atoms with van der Waals surface area (Å²) in [7, 11) is 3.26. The van der Waals surface area contributed by atoms with Crippen molar-refractivity contribution in [3.63, 3.8) is 0 Å². The summed E-state index contributed by atoms with van der Waals surface area (Å²) < 4.78 is 10.6. The maximum Gasteiger partial charge on any atom is 0.239 e. The molecule has 2 aromatic carbocycles. The second kappa shape index (κ2) is 12.6. The van der Waals surface area contributed by atoms with Crippen LogP contribution in [-0.2, 0) is 17.9 Å². The number of methoxy groups -OCH3 is 1. The summed E-state index contributed by atoms with van der Waals surface area (Å²) in [5, 5.41) is 8.95. The molecular weight excluding hydrogens is 509 g/mol. The normalized spacial score (nSPS) is 10.7. The average Bonchev–Trinajstić information content (AvgIpc) is 3.28. The molecule has 0 aliphatic heterocycles. The number of amides is 1. The lowest BCUT2D eigenvalue weighted by Crippen LogP contribution is -2.42. The fraction of sp³-hybridized carbons (Fsp3) is 0.227. The Kier molecular flexibility index (Phi) is 9.82. The number of nitrogens with one attached hydrogen (secondary N) is 3. The first-order valence-electron chi connectivity index (χ1n) is 9.52. The number of aliphatic imine (C=N–C) groups is 1. The molecule has 9 heteroatoms. The summed E-state index contributed by atoms with van der Waals surface area (Å²) in [5.74, 6) is 1.71. The first-order chi connectivity index (χ1) is 14.7. The molecule has 0 saturated heterocycles. The van der Waals surface area contributed by atoms with Gasteiger partial charge in [-0.1, -0.05) is 30.3 Å². The number of rotatable bonds is 8. The van der Waals surface area contributed by atoms with Crippen LogP contribution in [0.1, 0.15) is 11.3 Å². The molecule has 0 unspecified atom stereocenters. The maximum absolute atomic E-state index is 12.1. The van der Waals surface area contributed by atoms with Gasteiger partial charge in [0.15, 0.2) is 5.96 Å². The minimum Gasteiger partial charge on any atom is -0.497 e. The van der Waals surface area contributed by atoms with Gasteiger partial charge in [0.25, 0.3) is 0 Å². The van der Waals surface area contributed by atoms with E-state index < -0.39 is 0 Å². The molecule has 8 nitrogen and oxygen atoms in total. The molecule has 1 amide bonds. The van der Waals surface area contributed by atoms with Crippen molar-refractivity contribution in [3.8, 4) is 17.2 Å². The van der Waals surface area contributed by atoms with E-state index in [1.165, 1.54) is 0 Å². The Morgan fingerprint density at radius 1 is 1.03 bits per heavy atom. The standard InChI is InChI=1S/C22H25N5O3.HI/c1-23-22(25-13-18-15-30-21(27-18)17-6-4-3-5-7-17)26-14-20(28)24-12-16-8-10-19(29-2)11-9-16;/h3-11,15H,12-14H2,1-2H3,(H,24,28)(H2,23,25,26);1H. The summed E-state index contributed by atoms with van der Waals surface area (Å²) in [4.78, 5) is 20.7. The van der Waals surface area contributed by atoms with Gasteiger partial charge in [0.1, 0.15) is 12.0 Å². The summed E-state index contributed by atoms with van der Waals surface area (Å²) in [5.41, 5.74) is 2.65. The highest BCUT2D eigenvalue weighted by atomic mass is 127. The SMILES string of the molecule is CN=C(NCC(=O)NCc1ccc(OC)cc1)NCc1coc(-c2ccccc2)n1.I. The highest BCUT2D eigenvalue weighted by Crippen LogP contribution is 2.17. The van der Waals surface area contributed by atoms with Crippen LogP contribution in [0.4, 0.5) is 0 Å². The predicted molar refractivity (Wildman–Crippen MR) is 130 cm³/mol. The van der Waals surface area contributed by atoms with Gasteiger partial charge >= 0.3 is 0 Å². The Labute approximate surface area is 198 Å². The largest absolute Gasteiger partial charge is 0.497 e. The molecule has 0 aliphatic rings. The van der Waals surface area contributed by atoms with Crippen LogP contribution >= 0.6 is 24.0 Å². The third kappa shape index (κ3) is 7.59. The van der Waals surface area contributed by atoms with Crippen LogP contribution in [0.2, 0.25) is 0 Å². The molecule has 1 heterocycles. The first-order valence-corrected chi connectivity index (χ1v) is 9.52. The van der Waals surface area contributed by atoms with Gasteiger partial charge in [-0.25, -0.2) is 4.98 Å². The molecular formula is C22H26IN5O3. The minimum absolute atomic E-state index is 0. The van der Waals surface area contributed by atoms with Crippen molar-refractivity contribution in [1.29, 1.82) is 0 Å². The van der Waals surface area contributed by atoms with Crippen LogP contribution in [0.3, 0.4) is 0 Å². The topological polar surface area (TPSA) is 101 Å². The van der Waals surface area contributed by atoms with Crippen molar-refractivity contribution in [2.24, 2.45) is 4.99 Å². The summed E-state index contributed by atoms with van der Waals surface area (Å²) in [6, 6.07) is 17.2. The molecule has 164 valence electrons. The quantitative estimate of drug-likeness (QED) is 0.233. The van der Waals surface area contributed by atoms with Gasteiger partial charge in [0.2, 0.25) is 11.8 Å². The molecule has 0 atom stereocenters. The number of carbonyl (C=O) groups is 1. The van der Waals surface area contributed by atoms with Crippen LogP contribution in [-0.4, -0.2) is 37.6 Å². The Morgan fingerprint density at radius 3 is 2.45 bits per heavy atom. The summed E-state index contributed by atoms with van der Waals surface area (Å²) in [6.07, 6.45) is 1.60. The van der Waals surface area contributed by atoms with E-state index in [1.807, 2.05) is 54.6 Å². The van der Waals surface area contributed by atoms with Crippen molar-refractivity contribution in [2.75, 3.05) is 20.7 Å². The smallest absolute Gasteiger partial charge is 0.239 e. The zero-order valence-corrected chi connectivity index (χ0v) is 19.8. The highest BCUT2D eigenvalue weighted by molar-refractivity contribution is 14.0. The van der Waals surface area contributed by atoms with Gasteiger partial charge in [-0.15, -0.1) is 24.0 Å². The maximum atomic E-state index is 12.1. The monoisotopic (exact) mass is 535 g/mol. The lowest BCUT2D eigenvalue weighted by Gasteiger charge is -2.11. The predicted octanol–water partition coefficient (Wildman–Crippen LogP) is 2.95. The Morgan fingerprint density at radius 2 is 1.77 bits per heavy atom. The number of halogens is 1. The van der Waals surface area contributed by atoms with Crippen LogP contribution in [0, 0.1) is 0 Å². The fourth-order valence-corrected chi connectivity index (χ4v) is 2.67. The first kappa shape index (κ1) is 24.2. The molecule has 0 saturated carbocycles. The van der Waals surface area contributed by atoms with Gasteiger partial charge in [0, 0.05) is 19.2 Å². The van der Waals surface area contributed by atoms with E-state index in [2.05, 4.69) is 25.9 Å². The van der Waals surface area contributed by atoms with Crippen LogP contribution in [0.25, 0.3) is 11.5 Å². The van der Waals surface area contributed by atoms with Crippen molar-refractivity contribution in [3.05, 3.63) is 72.1 Å². The Hall–Kier alpha value is -3.08. The van der Waals surface area contributed by atoms with Crippen molar-refractivity contribution < 1.29 is 13.9 Å². The van der Waals surface area contributed by atoms with Gasteiger partial charge in [-0.2, -0.15) is 0 Å². The third-order valence-corrected chi connectivity index (χ3v) is 4.30. The van der Waals surface area contributed by atoms with Crippen LogP contribution < -0.4 is 20.7 Å². The minimum atomic E-state index is -0.137. The van der Waals surface area contributed by atoms with E-state index in [9.17, 15) is 4.79 Å². The molecule has 3 aromatic rings. The Balaban J connectivity index is 0.00000341. The molecule has 3 rings (SSSR count). The molecule has 3 N–H and O–H groups in total. The number of hydrogen-bond acceptors (Lipinski definition) is 5. The van der Waals surface area contributed by atoms with Gasteiger partial charge in [-0.3, -0.25) is 9.79 Å². The number of guanidine groups is 1. The second-order valence-electron chi connectivity index (χ2n) is 6.41. The average molecular weight is 535 g/mol. The fourth-order valence-electron chi connectivity index (χ4n) is 2.67. The number of oxazole rings is 1. The third-order valence-electron chi connectivity index (χ3n) is 4.30. The molecule has 1 aromatic heterocycles. The van der Waals surface area contributed by atoms with Crippen LogP contribution in [0.5, 0.6) is 5.75 Å². The molecule has 0 bridgehead atoms. The number of aromatic nitrogens is 1. The van der Waals surface area contributed by atoms with E-state index in [0.29, 0.717) is 24.9 Å². The lowest BCUT2D eigenvalue weighted by molar-refractivity contribution is -0.120. The van der Waals surface area contributed by atoms with E-state index in [4.69, 9.17) is 9.15 Å². The van der Waals surface area contributed by atoms with Crippen molar-refractivity contribution >= 4 is 35.8 Å².